The summed E-state index contributed by atoms with van der Waals surface area (Å²) in [4.78, 5) is 24.9. The lowest BCUT2D eigenvalue weighted by Gasteiger charge is -2.38. The Morgan fingerprint density at radius 2 is 1.83 bits per heavy atom. The number of benzene rings is 1. The number of hydrogen-bond donors (Lipinski definition) is 2. The highest BCUT2D eigenvalue weighted by molar-refractivity contribution is 6.07. The number of aryl methyl sites for hydroxylation is 1. The first-order valence-electron chi connectivity index (χ1n) is 10.4. The van der Waals surface area contributed by atoms with Gasteiger partial charge in [0.05, 0.1) is 16.6 Å². The van der Waals surface area contributed by atoms with Crippen LogP contribution in [0.25, 0.3) is 27.7 Å². The molecule has 1 fully saturated rings. The van der Waals surface area contributed by atoms with Gasteiger partial charge in [-0.15, -0.1) is 0 Å². The molecule has 30 heavy (non-hydrogen) atoms. The maximum Gasteiger partial charge on any atom is 0.254 e. The van der Waals surface area contributed by atoms with Gasteiger partial charge < -0.3 is 15.5 Å². The van der Waals surface area contributed by atoms with E-state index in [1.807, 2.05) is 41.7 Å². The number of carbonyl (C=O) groups is 1. The molecule has 0 aliphatic carbocycles. The molecule has 0 unspecified atom stereocenters. The second-order valence-corrected chi connectivity index (χ2v) is 8.29. The number of hydrogen-bond acceptors (Lipinski definition) is 5. The molecule has 4 heterocycles. The van der Waals surface area contributed by atoms with Gasteiger partial charge in [-0.25, -0.2) is 9.97 Å². The number of carbonyl (C=O) groups excluding carboxylic acids is 1. The smallest absolute Gasteiger partial charge is 0.254 e. The number of piperazine rings is 1. The fraction of sp³-hybridized carbons (Fsp3) is 0.348. The van der Waals surface area contributed by atoms with Gasteiger partial charge in [0.2, 0.25) is 0 Å². The van der Waals surface area contributed by atoms with E-state index in [0.29, 0.717) is 23.3 Å². The zero-order chi connectivity index (χ0) is 21.0. The van der Waals surface area contributed by atoms with Crippen molar-refractivity contribution >= 4 is 39.3 Å². The van der Waals surface area contributed by atoms with E-state index in [1.54, 1.807) is 7.05 Å². The highest BCUT2D eigenvalue weighted by Gasteiger charge is 2.25. The molecule has 2 N–H and O–H groups in total. The number of amides is 1. The number of rotatable bonds is 2. The van der Waals surface area contributed by atoms with E-state index in [4.69, 9.17) is 9.97 Å². The monoisotopic (exact) mass is 402 g/mol. The normalized spacial score (nSPS) is 19.7. The van der Waals surface area contributed by atoms with Gasteiger partial charge >= 0.3 is 0 Å². The van der Waals surface area contributed by atoms with Crippen molar-refractivity contribution in [2.75, 3.05) is 25.0 Å². The minimum absolute atomic E-state index is 0.147. The van der Waals surface area contributed by atoms with Gasteiger partial charge in [-0.3, -0.25) is 9.20 Å². The molecule has 0 spiro atoms. The number of para-hydroxylation sites is 2. The fourth-order valence-corrected chi connectivity index (χ4v) is 4.68. The standard InChI is InChI=1S/C23H26N6O/c1-13-9-20(28-11-14(2)25-15(3)12-28)16-10-17(23(30)24-4)22-27-18-7-5-6-8-19(18)29(22)21(16)26-13/h5-10,14-15,25H,11-12H2,1-4H3,(H,24,30)/t14-,15+. The van der Waals surface area contributed by atoms with Crippen LogP contribution in [0.5, 0.6) is 0 Å². The second-order valence-electron chi connectivity index (χ2n) is 8.29. The Bertz CT molecular complexity index is 1280. The Morgan fingerprint density at radius 1 is 1.10 bits per heavy atom. The summed E-state index contributed by atoms with van der Waals surface area (Å²) in [5.41, 5.74) is 5.89. The van der Waals surface area contributed by atoms with Gasteiger partial charge in [0.15, 0.2) is 5.65 Å². The molecule has 1 aromatic carbocycles. The highest BCUT2D eigenvalue weighted by atomic mass is 16.1. The van der Waals surface area contributed by atoms with Crippen LogP contribution in [-0.2, 0) is 0 Å². The molecule has 7 nitrogen and oxygen atoms in total. The average Bonchev–Trinajstić information content (AvgIpc) is 3.11. The summed E-state index contributed by atoms with van der Waals surface area (Å²) in [5, 5.41) is 7.33. The number of nitrogens with zero attached hydrogens (tertiary/aromatic N) is 4. The molecule has 7 heteroatoms. The quantitative estimate of drug-likeness (QED) is 0.539. The van der Waals surface area contributed by atoms with E-state index in [-0.39, 0.29) is 5.91 Å². The number of fused-ring (bicyclic) bond motifs is 5. The molecule has 1 aliphatic rings. The first-order valence-corrected chi connectivity index (χ1v) is 10.4. The van der Waals surface area contributed by atoms with Crippen LogP contribution in [0.4, 0.5) is 5.69 Å². The largest absolute Gasteiger partial charge is 0.368 e. The Hall–Kier alpha value is -3.19. The van der Waals surface area contributed by atoms with Crippen LogP contribution in [-0.4, -0.2) is 52.5 Å². The Kier molecular flexibility index (Phi) is 4.36. The Labute approximate surface area is 175 Å². The van der Waals surface area contributed by atoms with Crippen molar-refractivity contribution in [1.29, 1.82) is 0 Å². The maximum absolute atomic E-state index is 12.8. The summed E-state index contributed by atoms with van der Waals surface area (Å²) < 4.78 is 2.03. The van der Waals surface area contributed by atoms with Gasteiger partial charge in [-0.05, 0) is 45.0 Å². The van der Waals surface area contributed by atoms with Gasteiger partial charge in [0.1, 0.15) is 5.65 Å². The molecule has 1 aliphatic heterocycles. The molecule has 0 radical (unpaired) electrons. The predicted molar refractivity (Wildman–Crippen MR) is 120 cm³/mol. The zero-order valence-electron chi connectivity index (χ0n) is 17.7. The van der Waals surface area contributed by atoms with Crippen LogP contribution in [0.2, 0.25) is 0 Å². The summed E-state index contributed by atoms with van der Waals surface area (Å²) in [5.74, 6) is -0.147. The molecular formula is C23H26N6O. The highest BCUT2D eigenvalue weighted by Crippen LogP contribution is 2.33. The lowest BCUT2D eigenvalue weighted by atomic mass is 10.1. The van der Waals surface area contributed by atoms with Crippen LogP contribution in [0.15, 0.2) is 36.4 Å². The maximum atomic E-state index is 12.8. The summed E-state index contributed by atoms with van der Waals surface area (Å²) >= 11 is 0. The molecule has 154 valence electrons. The first kappa shape index (κ1) is 18.8. The second kappa shape index (κ2) is 6.95. The molecule has 5 rings (SSSR count). The summed E-state index contributed by atoms with van der Waals surface area (Å²) in [6.07, 6.45) is 0. The number of imidazole rings is 1. The number of anilines is 1. The lowest BCUT2D eigenvalue weighted by Crippen LogP contribution is -2.54. The van der Waals surface area contributed by atoms with Crippen LogP contribution in [0, 0.1) is 6.92 Å². The number of nitrogens with one attached hydrogen (secondary N) is 2. The van der Waals surface area contributed by atoms with E-state index in [1.165, 1.54) is 0 Å². The SMILES string of the molecule is CNC(=O)c1cc2c(N3C[C@@H](C)N[C@@H](C)C3)cc(C)nc2n2c1nc1ccccc12. The van der Waals surface area contributed by atoms with Crippen molar-refractivity contribution in [2.45, 2.75) is 32.9 Å². The molecule has 0 bridgehead atoms. The summed E-state index contributed by atoms with van der Waals surface area (Å²) in [7, 11) is 1.65. The molecule has 3 aromatic heterocycles. The summed E-state index contributed by atoms with van der Waals surface area (Å²) in [6.45, 7) is 8.24. The van der Waals surface area contributed by atoms with Gasteiger partial charge in [0, 0.05) is 49.0 Å². The van der Waals surface area contributed by atoms with Crippen molar-refractivity contribution in [3.05, 3.63) is 47.7 Å². The van der Waals surface area contributed by atoms with Crippen molar-refractivity contribution in [2.24, 2.45) is 0 Å². The third-order valence-electron chi connectivity index (χ3n) is 5.82. The van der Waals surface area contributed by atoms with E-state index >= 15 is 0 Å². The molecular weight excluding hydrogens is 376 g/mol. The first-order chi connectivity index (χ1) is 14.5. The predicted octanol–water partition coefficient (Wildman–Crippen LogP) is 2.89. The van der Waals surface area contributed by atoms with Gasteiger partial charge in [-0.2, -0.15) is 0 Å². The lowest BCUT2D eigenvalue weighted by molar-refractivity contribution is 0.0964. The minimum atomic E-state index is -0.147. The van der Waals surface area contributed by atoms with E-state index in [0.717, 1.165) is 46.5 Å². The molecule has 1 saturated heterocycles. The van der Waals surface area contributed by atoms with E-state index in [2.05, 4.69) is 35.4 Å². The Morgan fingerprint density at radius 3 is 2.57 bits per heavy atom. The van der Waals surface area contributed by atoms with Crippen LogP contribution in [0.1, 0.15) is 29.9 Å². The third kappa shape index (κ3) is 2.89. The molecule has 0 saturated carbocycles. The molecule has 2 atom stereocenters. The molecule has 1 amide bonds. The van der Waals surface area contributed by atoms with Crippen LogP contribution < -0.4 is 15.5 Å². The number of pyridine rings is 2. The summed E-state index contributed by atoms with van der Waals surface area (Å²) in [6, 6.07) is 12.8. The van der Waals surface area contributed by atoms with Crippen molar-refractivity contribution in [1.82, 2.24) is 25.0 Å². The van der Waals surface area contributed by atoms with E-state index in [9.17, 15) is 4.79 Å². The van der Waals surface area contributed by atoms with Gasteiger partial charge in [0.25, 0.3) is 5.91 Å². The zero-order valence-corrected chi connectivity index (χ0v) is 17.7. The van der Waals surface area contributed by atoms with Crippen molar-refractivity contribution < 1.29 is 4.79 Å². The van der Waals surface area contributed by atoms with Crippen LogP contribution in [0.3, 0.4) is 0 Å². The van der Waals surface area contributed by atoms with E-state index < -0.39 is 0 Å². The van der Waals surface area contributed by atoms with Crippen molar-refractivity contribution in [3.63, 3.8) is 0 Å². The number of aromatic nitrogens is 3. The third-order valence-corrected chi connectivity index (χ3v) is 5.82. The van der Waals surface area contributed by atoms with Crippen molar-refractivity contribution in [3.8, 4) is 0 Å². The molecule has 4 aromatic rings. The topological polar surface area (TPSA) is 74.6 Å². The fourth-order valence-electron chi connectivity index (χ4n) is 4.68. The average molecular weight is 403 g/mol. The Balaban J connectivity index is 1.89. The van der Waals surface area contributed by atoms with Gasteiger partial charge in [-0.1, -0.05) is 12.1 Å². The minimum Gasteiger partial charge on any atom is -0.368 e. The van der Waals surface area contributed by atoms with Crippen LogP contribution >= 0.6 is 0 Å².